The molecule has 0 spiro atoms. The molecule has 0 saturated heterocycles. The number of anilines is 2. The van der Waals surface area contributed by atoms with Crippen LogP contribution in [0.2, 0.25) is 0 Å². The molecule has 1 aliphatic carbocycles. The molecule has 0 bridgehead atoms. The molecule has 112 valence electrons. The van der Waals surface area contributed by atoms with E-state index in [1.165, 1.54) is 11.4 Å². The molecule has 0 aliphatic heterocycles. The number of hydrogen-bond donors (Lipinski definition) is 1. The van der Waals surface area contributed by atoms with Crippen molar-refractivity contribution in [2.24, 2.45) is 5.41 Å². The molecule has 3 unspecified atom stereocenters. The monoisotopic (exact) mass is 276 g/mol. The molecule has 2 rings (SSSR count). The van der Waals surface area contributed by atoms with Crippen LogP contribution in [-0.4, -0.2) is 32.8 Å². The lowest BCUT2D eigenvalue weighted by Crippen LogP contribution is -2.59. The van der Waals surface area contributed by atoms with Crippen LogP contribution in [-0.2, 0) is 4.74 Å². The lowest BCUT2D eigenvalue weighted by atomic mass is 9.61. The zero-order valence-electron chi connectivity index (χ0n) is 13.4. The summed E-state index contributed by atoms with van der Waals surface area (Å²) >= 11 is 0. The molecule has 3 nitrogen and oxygen atoms in total. The van der Waals surface area contributed by atoms with Crippen molar-refractivity contribution in [2.45, 2.75) is 45.8 Å². The Kier molecular flexibility index (Phi) is 4.59. The predicted octanol–water partition coefficient (Wildman–Crippen LogP) is 3.76. The fourth-order valence-corrected chi connectivity index (χ4v) is 3.15. The van der Waals surface area contributed by atoms with Crippen molar-refractivity contribution in [1.82, 2.24) is 0 Å². The van der Waals surface area contributed by atoms with Crippen molar-refractivity contribution >= 4 is 11.4 Å². The maximum atomic E-state index is 5.88. The Hall–Kier alpha value is -1.22. The minimum absolute atomic E-state index is 0.232. The molecule has 3 atom stereocenters. The van der Waals surface area contributed by atoms with Crippen LogP contribution >= 0.6 is 0 Å². The normalized spacial score (nSPS) is 28.9. The average Bonchev–Trinajstić information content (AvgIpc) is 2.45. The standard InChI is InChI=1S/C17H28N2O/c1-6-17(3)15(12-16(17)20-7-2)18-13-10-8-9-11-14(13)19(4)5/h8-11,15-16,18H,6-7,12H2,1-5H3. The van der Waals surface area contributed by atoms with Crippen LogP contribution in [0.3, 0.4) is 0 Å². The van der Waals surface area contributed by atoms with Crippen molar-refractivity contribution in [2.75, 3.05) is 30.9 Å². The van der Waals surface area contributed by atoms with Crippen LogP contribution in [0.5, 0.6) is 0 Å². The van der Waals surface area contributed by atoms with Crippen LogP contribution in [0, 0.1) is 5.41 Å². The third kappa shape index (κ3) is 2.64. The third-order valence-corrected chi connectivity index (χ3v) is 4.83. The van der Waals surface area contributed by atoms with Gasteiger partial charge in [0.05, 0.1) is 17.5 Å². The third-order valence-electron chi connectivity index (χ3n) is 4.83. The molecule has 3 heteroatoms. The Balaban J connectivity index is 2.12. The molecule has 1 fully saturated rings. The van der Waals surface area contributed by atoms with E-state index in [0.29, 0.717) is 12.1 Å². The Morgan fingerprint density at radius 2 is 2.00 bits per heavy atom. The van der Waals surface area contributed by atoms with Gasteiger partial charge < -0.3 is 15.0 Å². The van der Waals surface area contributed by atoms with Gasteiger partial charge in [-0.3, -0.25) is 0 Å². The van der Waals surface area contributed by atoms with Gasteiger partial charge in [0.15, 0.2) is 0 Å². The number of rotatable bonds is 6. The molecular formula is C17H28N2O. The van der Waals surface area contributed by atoms with E-state index in [4.69, 9.17) is 4.74 Å². The molecule has 20 heavy (non-hydrogen) atoms. The first-order valence-corrected chi connectivity index (χ1v) is 7.67. The zero-order valence-corrected chi connectivity index (χ0v) is 13.4. The van der Waals surface area contributed by atoms with Crippen LogP contribution in [0.4, 0.5) is 11.4 Å². The SMILES string of the molecule is CCOC1CC(Nc2ccccc2N(C)C)C1(C)CC. The highest BCUT2D eigenvalue weighted by atomic mass is 16.5. The number of nitrogens with zero attached hydrogens (tertiary/aromatic N) is 1. The lowest BCUT2D eigenvalue weighted by Gasteiger charge is -2.54. The summed E-state index contributed by atoms with van der Waals surface area (Å²) in [4.78, 5) is 2.16. The zero-order chi connectivity index (χ0) is 14.8. The van der Waals surface area contributed by atoms with E-state index >= 15 is 0 Å². The smallest absolute Gasteiger partial charge is 0.0667 e. The maximum absolute atomic E-state index is 5.88. The highest BCUT2D eigenvalue weighted by Crippen LogP contribution is 2.47. The van der Waals surface area contributed by atoms with Gasteiger partial charge >= 0.3 is 0 Å². The summed E-state index contributed by atoms with van der Waals surface area (Å²) in [5.74, 6) is 0. The number of para-hydroxylation sites is 2. The lowest BCUT2D eigenvalue weighted by molar-refractivity contribution is -0.109. The molecule has 1 aromatic rings. The largest absolute Gasteiger partial charge is 0.380 e. The fourth-order valence-electron chi connectivity index (χ4n) is 3.15. The summed E-state index contributed by atoms with van der Waals surface area (Å²) in [6.45, 7) is 7.49. The summed E-state index contributed by atoms with van der Waals surface area (Å²) in [6, 6.07) is 9.00. The van der Waals surface area contributed by atoms with Crippen molar-refractivity contribution in [1.29, 1.82) is 0 Å². The Labute approximate surface area is 123 Å². The highest BCUT2D eigenvalue weighted by molar-refractivity contribution is 5.70. The Morgan fingerprint density at radius 3 is 2.60 bits per heavy atom. The number of ether oxygens (including phenoxy) is 1. The van der Waals surface area contributed by atoms with E-state index in [1.54, 1.807) is 0 Å². The average molecular weight is 276 g/mol. The summed E-state index contributed by atoms with van der Waals surface area (Å²) in [5, 5.41) is 3.74. The van der Waals surface area contributed by atoms with Gasteiger partial charge in [0, 0.05) is 32.2 Å². The summed E-state index contributed by atoms with van der Waals surface area (Å²) in [6.07, 6.45) is 2.63. The second-order valence-corrected chi connectivity index (χ2v) is 6.15. The molecule has 1 aliphatic rings. The molecule has 1 aromatic carbocycles. The predicted molar refractivity (Wildman–Crippen MR) is 86.6 cm³/mol. The van der Waals surface area contributed by atoms with Crippen molar-refractivity contribution in [3.05, 3.63) is 24.3 Å². The van der Waals surface area contributed by atoms with E-state index in [1.807, 2.05) is 0 Å². The van der Waals surface area contributed by atoms with E-state index in [0.717, 1.165) is 19.4 Å². The molecule has 1 N–H and O–H groups in total. The van der Waals surface area contributed by atoms with Gasteiger partial charge in [-0.15, -0.1) is 0 Å². The topological polar surface area (TPSA) is 24.5 Å². The first-order chi connectivity index (χ1) is 9.52. The van der Waals surface area contributed by atoms with E-state index in [-0.39, 0.29) is 5.41 Å². The highest BCUT2D eigenvalue weighted by Gasteiger charge is 2.51. The summed E-state index contributed by atoms with van der Waals surface area (Å²) in [7, 11) is 4.17. The second kappa shape index (κ2) is 6.04. The van der Waals surface area contributed by atoms with E-state index < -0.39 is 0 Å². The number of hydrogen-bond acceptors (Lipinski definition) is 3. The Bertz CT molecular complexity index is 446. The molecule has 0 radical (unpaired) electrons. The molecule has 0 aromatic heterocycles. The Morgan fingerprint density at radius 1 is 1.30 bits per heavy atom. The first-order valence-electron chi connectivity index (χ1n) is 7.67. The molecule has 0 heterocycles. The number of nitrogens with one attached hydrogen (secondary N) is 1. The van der Waals surface area contributed by atoms with Gasteiger partial charge in [-0.25, -0.2) is 0 Å². The van der Waals surface area contributed by atoms with Crippen LogP contribution < -0.4 is 10.2 Å². The van der Waals surface area contributed by atoms with Gasteiger partial charge in [-0.1, -0.05) is 26.0 Å². The van der Waals surface area contributed by atoms with Gasteiger partial charge in [-0.05, 0) is 31.9 Å². The second-order valence-electron chi connectivity index (χ2n) is 6.15. The van der Waals surface area contributed by atoms with Gasteiger partial charge in [0.2, 0.25) is 0 Å². The van der Waals surface area contributed by atoms with Crippen LogP contribution in [0.1, 0.15) is 33.6 Å². The summed E-state index contributed by atoms with van der Waals surface area (Å²) in [5.41, 5.74) is 2.69. The molecule has 0 amide bonds. The minimum Gasteiger partial charge on any atom is -0.380 e. The quantitative estimate of drug-likeness (QED) is 0.856. The van der Waals surface area contributed by atoms with Crippen LogP contribution in [0.15, 0.2) is 24.3 Å². The van der Waals surface area contributed by atoms with Gasteiger partial charge in [-0.2, -0.15) is 0 Å². The first kappa shape index (κ1) is 15.2. The summed E-state index contributed by atoms with van der Waals surface area (Å²) < 4.78 is 5.88. The van der Waals surface area contributed by atoms with Crippen molar-refractivity contribution in [3.8, 4) is 0 Å². The molecular weight excluding hydrogens is 248 g/mol. The van der Waals surface area contributed by atoms with E-state index in [2.05, 4.69) is 69.3 Å². The number of benzene rings is 1. The minimum atomic E-state index is 0.232. The van der Waals surface area contributed by atoms with E-state index in [9.17, 15) is 0 Å². The fraction of sp³-hybridized carbons (Fsp3) is 0.647. The van der Waals surface area contributed by atoms with Gasteiger partial charge in [0.25, 0.3) is 0 Å². The molecule has 1 saturated carbocycles. The van der Waals surface area contributed by atoms with Gasteiger partial charge in [0.1, 0.15) is 0 Å². The van der Waals surface area contributed by atoms with Crippen molar-refractivity contribution in [3.63, 3.8) is 0 Å². The maximum Gasteiger partial charge on any atom is 0.0667 e. The van der Waals surface area contributed by atoms with Crippen molar-refractivity contribution < 1.29 is 4.74 Å². The van der Waals surface area contributed by atoms with Crippen LogP contribution in [0.25, 0.3) is 0 Å².